The van der Waals surface area contributed by atoms with Gasteiger partial charge >= 0.3 is 0 Å². The number of rotatable bonds is 40. The Labute approximate surface area is 316 Å². The zero-order chi connectivity index (χ0) is 38.3. The van der Waals surface area contributed by atoms with E-state index in [2.05, 4.69) is 28.2 Å². The average Bonchev–Trinajstić information content (AvgIpc) is 3.11. The van der Waals surface area contributed by atoms with Crippen LogP contribution in [0.25, 0.3) is 0 Å². The van der Waals surface area contributed by atoms with Crippen LogP contribution in [-0.4, -0.2) is 108 Å². The molecule has 3 amide bonds. The van der Waals surface area contributed by atoms with Crippen molar-refractivity contribution < 1.29 is 38.1 Å². The van der Waals surface area contributed by atoms with Gasteiger partial charge in [0.15, 0.2) is 0 Å². The van der Waals surface area contributed by atoms with Crippen LogP contribution in [0, 0.1) is 0 Å². The lowest BCUT2D eigenvalue weighted by Crippen LogP contribution is -2.39. The molecule has 52 heavy (non-hydrogen) atoms. The maximum absolute atomic E-state index is 12.0. The molecule has 0 aliphatic rings. The van der Waals surface area contributed by atoms with Crippen LogP contribution in [0.15, 0.2) is 0 Å². The molecule has 0 saturated heterocycles. The molecule has 12 heteroatoms. The Bertz CT molecular complexity index is 861. The van der Waals surface area contributed by atoms with E-state index in [0.717, 1.165) is 32.1 Å². The molecule has 0 radical (unpaired) electrons. The lowest BCUT2D eigenvalue weighted by atomic mass is 10.0. The summed E-state index contributed by atoms with van der Waals surface area (Å²) in [7, 11) is 0. The van der Waals surface area contributed by atoms with E-state index in [1.165, 1.54) is 70.6 Å². The van der Waals surface area contributed by atoms with E-state index in [9.17, 15) is 19.2 Å². The van der Waals surface area contributed by atoms with Crippen LogP contribution in [0.2, 0.25) is 0 Å². The maximum atomic E-state index is 12.0. The number of unbranched alkanes of at least 4 members (excludes halogenated alkanes) is 13. The number of hydrogen-bond acceptors (Lipinski definition) is 9. The summed E-state index contributed by atoms with van der Waals surface area (Å²) in [6, 6.07) is 0.137. The molecule has 4 N–H and O–H groups in total. The normalized spacial score (nSPS) is 11.9. The predicted octanol–water partition coefficient (Wildman–Crippen LogP) is 5.79. The SMILES string of the molecule is CCCCCCCCCCCCCCCC(=O)NCCOCCOCCC(=O)NCCOCCOCCC(=O)NCCCCC(NC(C)C)C(C)=O. The van der Waals surface area contributed by atoms with Crippen molar-refractivity contribution in [3.8, 4) is 0 Å². The van der Waals surface area contributed by atoms with Crippen molar-refractivity contribution >= 4 is 23.5 Å². The van der Waals surface area contributed by atoms with E-state index in [4.69, 9.17) is 18.9 Å². The minimum atomic E-state index is -0.124. The van der Waals surface area contributed by atoms with Crippen molar-refractivity contribution in [2.45, 2.75) is 162 Å². The third kappa shape index (κ3) is 37.6. The Hall–Kier alpha value is -2.12. The first kappa shape index (κ1) is 49.9. The van der Waals surface area contributed by atoms with Crippen LogP contribution in [-0.2, 0) is 38.1 Å². The fourth-order valence-corrected chi connectivity index (χ4v) is 5.57. The van der Waals surface area contributed by atoms with Gasteiger partial charge in [-0.2, -0.15) is 0 Å². The molecule has 0 bridgehead atoms. The van der Waals surface area contributed by atoms with Crippen molar-refractivity contribution in [3.63, 3.8) is 0 Å². The van der Waals surface area contributed by atoms with E-state index in [-0.39, 0.29) is 48.4 Å². The Kier molecular flexibility index (Phi) is 37.0. The first-order valence-corrected chi connectivity index (χ1v) is 20.6. The van der Waals surface area contributed by atoms with E-state index >= 15 is 0 Å². The number of ketones is 1. The summed E-state index contributed by atoms with van der Waals surface area (Å²) in [5.74, 6) is 0.0698. The minimum Gasteiger partial charge on any atom is -0.379 e. The summed E-state index contributed by atoms with van der Waals surface area (Å²) in [5, 5.41) is 11.9. The molecule has 0 saturated carbocycles. The maximum Gasteiger partial charge on any atom is 0.222 e. The molecule has 0 aliphatic heterocycles. The molecule has 0 fully saturated rings. The molecule has 0 aromatic carbocycles. The monoisotopic (exact) mass is 743 g/mol. The standard InChI is InChI=1S/C40H78N4O8/c1-5-6-7-8-9-10-11-12-13-14-15-16-17-21-38(46)42-25-29-51-33-32-50-28-23-40(48)43-26-30-52-34-31-49-27-22-39(47)41-24-19-18-20-37(36(4)45)44-35(2)3/h35,37,44H,5-34H2,1-4H3,(H,41,47)(H,42,46)(H,43,48). The van der Waals surface area contributed by atoms with Crippen molar-refractivity contribution in [2.24, 2.45) is 0 Å². The number of ether oxygens (including phenoxy) is 4. The van der Waals surface area contributed by atoms with Gasteiger partial charge in [0.25, 0.3) is 0 Å². The van der Waals surface area contributed by atoms with Crippen LogP contribution in [0.1, 0.15) is 150 Å². The van der Waals surface area contributed by atoms with Gasteiger partial charge in [0.2, 0.25) is 17.7 Å². The highest BCUT2D eigenvalue weighted by Gasteiger charge is 2.14. The van der Waals surface area contributed by atoms with Gasteiger partial charge in [0, 0.05) is 44.9 Å². The van der Waals surface area contributed by atoms with Gasteiger partial charge in [-0.3, -0.25) is 19.2 Å². The van der Waals surface area contributed by atoms with Crippen molar-refractivity contribution in [1.82, 2.24) is 21.3 Å². The molecule has 0 spiro atoms. The summed E-state index contributed by atoms with van der Waals surface area (Å²) in [4.78, 5) is 47.6. The van der Waals surface area contributed by atoms with Gasteiger partial charge in [0.1, 0.15) is 5.78 Å². The third-order valence-electron chi connectivity index (χ3n) is 8.60. The number of Topliss-reactive ketones (excluding diaryl/α,β-unsaturated/α-hetero) is 1. The van der Waals surface area contributed by atoms with Crippen molar-refractivity contribution in [3.05, 3.63) is 0 Å². The molecule has 306 valence electrons. The van der Waals surface area contributed by atoms with Crippen LogP contribution < -0.4 is 21.3 Å². The first-order chi connectivity index (χ1) is 25.3. The summed E-state index contributed by atoms with van der Waals surface area (Å²) in [6.07, 6.45) is 20.4. The van der Waals surface area contributed by atoms with E-state index in [0.29, 0.717) is 78.9 Å². The molecule has 0 rings (SSSR count). The Morgan fingerprint density at radius 2 is 0.865 bits per heavy atom. The zero-order valence-electron chi connectivity index (χ0n) is 33.6. The van der Waals surface area contributed by atoms with E-state index in [1.807, 2.05) is 13.8 Å². The highest BCUT2D eigenvalue weighted by molar-refractivity contribution is 5.81. The third-order valence-corrected chi connectivity index (χ3v) is 8.60. The summed E-state index contributed by atoms with van der Waals surface area (Å²) in [6.45, 7) is 12.4. The number of amides is 3. The van der Waals surface area contributed by atoms with Crippen LogP contribution in [0.5, 0.6) is 0 Å². The summed E-state index contributed by atoms with van der Waals surface area (Å²) < 4.78 is 21.9. The van der Waals surface area contributed by atoms with Crippen LogP contribution in [0.3, 0.4) is 0 Å². The first-order valence-electron chi connectivity index (χ1n) is 20.6. The molecular weight excluding hydrogens is 664 g/mol. The second-order valence-corrected chi connectivity index (χ2v) is 14.0. The Morgan fingerprint density at radius 3 is 1.31 bits per heavy atom. The molecule has 0 aromatic heterocycles. The van der Waals surface area contributed by atoms with Crippen LogP contribution in [0.4, 0.5) is 0 Å². The lowest BCUT2D eigenvalue weighted by Gasteiger charge is -2.18. The summed E-state index contributed by atoms with van der Waals surface area (Å²) >= 11 is 0. The molecule has 0 heterocycles. The number of carbonyl (C=O) groups is 4. The highest BCUT2D eigenvalue weighted by atomic mass is 16.5. The fourth-order valence-electron chi connectivity index (χ4n) is 5.57. The van der Waals surface area contributed by atoms with Crippen molar-refractivity contribution in [2.75, 3.05) is 72.5 Å². The molecule has 12 nitrogen and oxygen atoms in total. The second kappa shape index (κ2) is 38.6. The van der Waals surface area contributed by atoms with Crippen molar-refractivity contribution in [1.29, 1.82) is 0 Å². The average molecular weight is 743 g/mol. The topological polar surface area (TPSA) is 153 Å². The minimum absolute atomic E-state index is 0.0562. The number of hydrogen-bond donors (Lipinski definition) is 4. The van der Waals surface area contributed by atoms with Crippen LogP contribution >= 0.6 is 0 Å². The molecule has 1 atom stereocenters. The largest absolute Gasteiger partial charge is 0.379 e. The van der Waals surface area contributed by atoms with Gasteiger partial charge in [0.05, 0.1) is 58.9 Å². The zero-order valence-corrected chi connectivity index (χ0v) is 33.6. The predicted molar refractivity (Wildman–Crippen MR) is 208 cm³/mol. The fraction of sp³-hybridized carbons (Fsp3) is 0.900. The molecule has 0 aliphatic carbocycles. The Balaban J connectivity index is 3.38. The van der Waals surface area contributed by atoms with Gasteiger partial charge in [-0.15, -0.1) is 0 Å². The van der Waals surface area contributed by atoms with E-state index < -0.39 is 0 Å². The molecule has 1 unspecified atom stereocenters. The lowest BCUT2D eigenvalue weighted by molar-refractivity contribution is -0.123. The highest BCUT2D eigenvalue weighted by Crippen LogP contribution is 2.13. The Morgan fingerprint density at radius 1 is 0.462 bits per heavy atom. The smallest absolute Gasteiger partial charge is 0.222 e. The second-order valence-electron chi connectivity index (χ2n) is 14.0. The van der Waals surface area contributed by atoms with Gasteiger partial charge < -0.3 is 40.2 Å². The van der Waals surface area contributed by atoms with Gasteiger partial charge in [-0.05, 0) is 32.6 Å². The molecule has 0 aromatic rings. The quantitative estimate of drug-likeness (QED) is 0.0572. The van der Waals surface area contributed by atoms with Gasteiger partial charge in [-0.25, -0.2) is 0 Å². The van der Waals surface area contributed by atoms with E-state index in [1.54, 1.807) is 6.92 Å². The summed E-state index contributed by atoms with van der Waals surface area (Å²) in [5.41, 5.74) is 0. The molecular formula is C40H78N4O8. The number of carbonyl (C=O) groups excluding carboxylic acids is 4. The van der Waals surface area contributed by atoms with Gasteiger partial charge in [-0.1, -0.05) is 97.8 Å². The number of nitrogens with one attached hydrogen (secondary N) is 4.